The van der Waals surface area contributed by atoms with E-state index in [2.05, 4.69) is 22.8 Å². The molecular weight excluding hydrogens is 420 g/mol. The Morgan fingerprint density at radius 2 is 1.58 bits per heavy atom. The molecule has 0 spiro atoms. The molecule has 0 aliphatic heterocycles. The van der Waals surface area contributed by atoms with Gasteiger partial charge in [0.2, 0.25) is 5.91 Å². The number of nitrogens with one attached hydrogen (secondary N) is 2. The van der Waals surface area contributed by atoms with Gasteiger partial charge in [0, 0.05) is 18.9 Å². The molecule has 33 heavy (non-hydrogen) atoms. The largest absolute Gasteiger partial charge is 0.480 e. The van der Waals surface area contributed by atoms with Crippen LogP contribution in [0.3, 0.4) is 0 Å². The second kappa shape index (κ2) is 10.5. The topological polar surface area (TPSA) is 105 Å². The molecule has 0 aromatic heterocycles. The number of aliphatic carboxylic acids is 1. The zero-order valence-corrected chi connectivity index (χ0v) is 19.4. The highest BCUT2D eigenvalue weighted by atomic mass is 16.5. The second-order valence-corrected chi connectivity index (χ2v) is 9.56. The zero-order chi connectivity index (χ0) is 24.0. The van der Waals surface area contributed by atoms with Gasteiger partial charge in [-0.1, -0.05) is 69.3 Å². The maximum atomic E-state index is 12.2. The first kappa shape index (κ1) is 24.3. The number of carbonyl (C=O) groups excluding carboxylic acids is 2. The molecule has 0 bridgehead atoms. The lowest BCUT2D eigenvalue weighted by atomic mass is 9.88. The third-order valence-electron chi connectivity index (χ3n) is 5.78. The Hall–Kier alpha value is -3.35. The SMILES string of the molecule is CC(C)(C)CCC(NC(=O)CCNC(=O)OCC1c2ccccc2-c2ccccc21)C(=O)O. The minimum Gasteiger partial charge on any atom is -0.480 e. The summed E-state index contributed by atoms with van der Waals surface area (Å²) in [6.45, 7) is 6.32. The summed E-state index contributed by atoms with van der Waals surface area (Å²) in [7, 11) is 0. The van der Waals surface area contributed by atoms with Gasteiger partial charge in [0.15, 0.2) is 0 Å². The van der Waals surface area contributed by atoms with E-state index in [9.17, 15) is 19.5 Å². The Bertz CT molecular complexity index is 966. The van der Waals surface area contributed by atoms with E-state index in [1.54, 1.807) is 0 Å². The molecule has 1 aliphatic carbocycles. The van der Waals surface area contributed by atoms with E-state index < -0.39 is 24.0 Å². The Labute approximate surface area is 194 Å². The molecule has 0 fully saturated rings. The van der Waals surface area contributed by atoms with Gasteiger partial charge in [-0.15, -0.1) is 0 Å². The van der Waals surface area contributed by atoms with Crippen LogP contribution in [0.15, 0.2) is 48.5 Å². The summed E-state index contributed by atoms with van der Waals surface area (Å²) in [5, 5.41) is 14.4. The molecular formula is C26H32N2O5. The highest BCUT2D eigenvalue weighted by molar-refractivity contribution is 5.84. The Balaban J connectivity index is 1.45. The number of hydrogen-bond acceptors (Lipinski definition) is 4. The lowest BCUT2D eigenvalue weighted by Gasteiger charge is -2.21. The number of rotatable bonds is 9. The van der Waals surface area contributed by atoms with Crippen LogP contribution in [0, 0.1) is 5.41 Å². The Morgan fingerprint density at radius 1 is 1.00 bits per heavy atom. The molecule has 1 atom stereocenters. The summed E-state index contributed by atoms with van der Waals surface area (Å²) in [6.07, 6.45) is 0.392. The van der Waals surface area contributed by atoms with E-state index in [1.807, 2.05) is 57.2 Å². The van der Waals surface area contributed by atoms with Crippen LogP contribution in [0.2, 0.25) is 0 Å². The summed E-state index contributed by atoms with van der Waals surface area (Å²) >= 11 is 0. The van der Waals surface area contributed by atoms with E-state index in [1.165, 1.54) is 0 Å². The fourth-order valence-electron chi connectivity index (χ4n) is 4.03. The van der Waals surface area contributed by atoms with Crippen LogP contribution in [0.5, 0.6) is 0 Å². The van der Waals surface area contributed by atoms with E-state index in [-0.39, 0.29) is 30.9 Å². The minimum absolute atomic E-state index is 0.0237. The van der Waals surface area contributed by atoms with Crippen LogP contribution >= 0.6 is 0 Å². The van der Waals surface area contributed by atoms with Crippen molar-refractivity contribution in [1.82, 2.24) is 10.6 Å². The first-order valence-electron chi connectivity index (χ1n) is 11.3. The number of ether oxygens (including phenoxy) is 1. The van der Waals surface area contributed by atoms with Gasteiger partial charge in [0.25, 0.3) is 0 Å². The molecule has 1 unspecified atom stereocenters. The molecule has 2 amide bonds. The predicted octanol–water partition coefficient (Wildman–Crippen LogP) is 4.31. The first-order valence-corrected chi connectivity index (χ1v) is 11.3. The number of carboxylic acids is 1. The fraction of sp³-hybridized carbons (Fsp3) is 0.423. The highest BCUT2D eigenvalue weighted by Gasteiger charge is 2.29. The number of alkyl carbamates (subject to hydrolysis) is 1. The molecule has 0 heterocycles. The van der Waals surface area contributed by atoms with Gasteiger partial charge in [-0.3, -0.25) is 4.79 Å². The van der Waals surface area contributed by atoms with Gasteiger partial charge in [-0.2, -0.15) is 0 Å². The van der Waals surface area contributed by atoms with E-state index in [0.717, 1.165) is 22.3 Å². The molecule has 0 radical (unpaired) electrons. The normalized spacial score (nSPS) is 13.5. The Morgan fingerprint density at radius 3 is 2.12 bits per heavy atom. The van der Waals surface area contributed by atoms with Crippen LogP contribution in [-0.4, -0.2) is 42.3 Å². The Kier molecular flexibility index (Phi) is 7.74. The van der Waals surface area contributed by atoms with Crippen molar-refractivity contribution in [2.75, 3.05) is 13.2 Å². The van der Waals surface area contributed by atoms with Crippen molar-refractivity contribution in [3.8, 4) is 11.1 Å². The van der Waals surface area contributed by atoms with Crippen molar-refractivity contribution in [2.24, 2.45) is 5.41 Å². The van der Waals surface area contributed by atoms with E-state index in [4.69, 9.17) is 4.74 Å². The number of fused-ring (bicyclic) bond motifs is 3. The lowest BCUT2D eigenvalue weighted by Crippen LogP contribution is -2.42. The zero-order valence-electron chi connectivity index (χ0n) is 19.4. The monoisotopic (exact) mass is 452 g/mol. The van der Waals surface area contributed by atoms with Crippen LogP contribution in [0.25, 0.3) is 11.1 Å². The van der Waals surface area contributed by atoms with Gasteiger partial charge in [-0.25, -0.2) is 9.59 Å². The third kappa shape index (κ3) is 6.57. The van der Waals surface area contributed by atoms with Crippen molar-refractivity contribution >= 4 is 18.0 Å². The van der Waals surface area contributed by atoms with Crippen molar-refractivity contribution in [1.29, 1.82) is 0 Å². The number of amides is 2. The van der Waals surface area contributed by atoms with Crippen LogP contribution in [-0.2, 0) is 14.3 Å². The van der Waals surface area contributed by atoms with Crippen molar-refractivity contribution in [3.63, 3.8) is 0 Å². The van der Waals surface area contributed by atoms with E-state index >= 15 is 0 Å². The molecule has 176 valence electrons. The minimum atomic E-state index is -1.06. The van der Waals surface area contributed by atoms with Gasteiger partial charge < -0.3 is 20.5 Å². The maximum absolute atomic E-state index is 12.2. The number of benzene rings is 2. The number of carboxylic acid groups (broad SMARTS) is 1. The summed E-state index contributed by atoms with van der Waals surface area (Å²) in [5.41, 5.74) is 4.53. The highest BCUT2D eigenvalue weighted by Crippen LogP contribution is 2.44. The third-order valence-corrected chi connectivity index (χ3v) is 5.78. The van der Waals surface area contributed by atoms with Gasteiger partial charge in [0.1, 0.15) is 12.6 Å². The molecule has 3 N–H and O–H groups in total. The fourth-order valence-corrected chi connectivity index (χ4v) is 4.03. The summed E-state index contributed by atoms with van der Waals surface area (Å²) in [4.78, 5) is 35.7. The quantitative estimate of drug-likeness (QED) is 0.526. The van der Waals surface area contributed by atoms with Crippen molar-refractivity contribution in [2.45, 2.75) is 52.0 Å². The number of carbonyl (C=O) groups is 3. The average Bonchev–Trinajstić information content (AvgIpc) is 3.08. The molecule has 7 heteroatoms. The first-order chi connectivity index (χ1) is 15.7. The standard InChI is InChI=1S/C26H32N2O5/c1-26(2,3)14-12-22(24(30)31)28-23(29)13-15-27-25(32)33-16-21-19-10-6-4-8-17(19)18-9-5-7-11-20(18)21/h4-11,21-22H,12-16H2,1-3H3,(H,27,32)(H,28,29)(H,30,31). The smallest absolute Gasteiger partial charge is 0.407 e. The van der Waals surface area contributed by atoms with Gasteiger partial charge in [0.05, 0.1) is 0 Å². The average molecular weight is 453 g/mol. The van der Waals surface area contributed by atoms with E-state index in [0.29, 0.717) is 12.8 Å². The van der Waals surface area contributed by atoms with Crippen LogP contribution in [0.4, 0.5) is 4.79 Å². The van der Waals surface area contributed by atoms with Gasteiger partial charge in [-0.05, 0) is 40.5 Å². The molecule has 2 aromatic rings. The van der Waals surface area contributed by atoms with Crippen molar-refractivity contribution < 1.29 is 24.2 Å². The van der Waals surface area contributed by atoms with Crippen molar-refractivity contribution in [3.05, 3.63) is 59.7 Å². The summed E-state index contributed by atoms with van der Waals surface area (Å²) < 4.78 is 5.44. The summed E-state index contributed by atoms with van der Waals surface area (Å²) in [5.74, 6) is -1.52. The number of hydrogen-bond donors (Lipinski definition) is 3. The molecule has 2 aromatic carbocycles. The van der Waals surface area contributed by atoms with Crippen LogP contribution < -0.4 is 10.6 Å². The molecule has 7 nitrogen and oxygen atoms in total. The lowest BCUT2D eigenvalue weighted by molar-refractivity contribution is -0.142. The second-order valence-electron chi connectivity index (χ2n) is 9.56. The molecule has 1 aliphatic rings. The molecule has 0 saturated carbocycles. The molecule has 3 rings (SSSR count). The predicted molar refractivity (Wildman–Crippen MR) is 126 cm³/mol. The van der Waals surface area contributed by atoms with Crippen LogP contribution in [0.1, 0.15) is 57.1 Å². The summed E-state index contributed by atoms with van der Waals surface area (Å²) in [6, 6.07) is 15.2. The van der Waals surface area contributed by atoms with Gasteiger partial charge >= 0.3 is 12.1 Å². The maximum Gasteiger partial charge on any atom is 0.407 e. The molecule has 0 saturated heterocycles.